The normalized spacial score (nSPS) is 26.5. The van der Waals surface area contributed by atoms with E-state index in [2.05, 4.69) is 5.32 Å². The molecule has 150 valence electrons. The first-order chi connectivity index (χ1) is 13.7. The standard InChI is InChI=1S/C22H27NO5/c1-25-19-6-2-4-8-21(19)28-18-11-10-15(12-17(18)24)23-13-16-14-26-20-7-3-5-9-22(20)27-16/h2-9,15-18,23-24H,10-14H2,1H3/t15-,16-,17-,18-/m1/s1. The Balaban J connectivity index is 1.26. The van der Waals surface area contributed by atoms with Crippen LogP contribution in [0.15, 0.2) is 48.5 Å². The van der Waals surface area contributed by atoms with Gasteiger partial charge in [-0.15, -0.1) is 0 Å². The molecule has 2 N–H and O–H groups in total. The fourth-order valence-electron chi connectivity index (χ4n) is 3.78. The molecule has 2 aromatic carbocycles. The van der Waals surface area contributed by atoms with Crippen LogP contribution < -0.4 is 24.3 Å². The van der Waals surface area contributed by atoms with Crippen molar-refractivity contribution in [2.75, 3.05) is 20.3 Å². The van der Waals surface area contributed by atoms with Crippen LogP contribution in [-0.2, 0) is 0 Å². The molecule has 6 nitrogen and oxygen atoms in total. The van der Waals surface area contributed by atoms with Gasteiger partial charge in [0.25, 0.3) is 0 Å². The summed E-state index contributed by atoms with van der Waals surface area (Å²) in [5.74, 6) is 2.94. The van der Waals surface area contributed by atoms with Gasteiger partial charge in [0, 0.05) is 12.6 Å². The second-order valence-corrected chi connectivity index (χ2v) is 7.29. The molecule has 1 saturated carbocycles. The Hall–Kier alpha value is -2.44. The summed E-state index contributed by atoms with van der Waals surface area (Å²) in [6.45, 7) is 1.21. The summed E-state index contributed by atoms with van der Waals surface area (Å²) < 4.78 is 23.1. The van der Waals surface area contributed by atoms with Gasteiger partial charge in [-0.2, -0.15) is 0 Å². The Morgan fingerprint density at radius 3 is 2.57 bits per heavy atom. The number of aliphatic hydroxyl groups is 1. The van der Waals surface area contributed by atoms with E-state index in [-0.39, 0.29) is 18.2 Å². The van der Waals surface area contributed by atoms with Gasteiger partial charge in [-0.1, -0.05) is 24.3 Å². The Kier molecular flexibility index (Phi) is 5.88. The Morgan fingerprint density at radius 2 is 1.79 bits per heavy atom. The molecular formula is C22H27NO5. The minimum absolute atomic E-state index is 0.0328. The lowest BCUT2D eigenvalue weighted by Crippen LogP contribution is -2.48. The molecule has 1 heterocycles. The monoisotopic (exact) mass is 385 g/mol. The van der Waals surface area contributed by atoms with Crippen LogP contribution in [0.4, 0.5) is 0 Å². The molecule has 4 atom stereocenters. The third-order valence-electron chi connectivity index (χ3n) is 5.30. The molecule has 0 amide bonds. The number of aliphatic hydroxyl groups excluding tert-OH is 1. The smallest absolute Gasteiger partial charge is 0.161 e. The van der Waals surface area contributed by atoms with Gasteiger partial charge in [-0.05, 0) is 43.5 Å². The first kappa shape index (κ1) is 18.9. The summed E-state index contributed by atoms with van der Waals surface area (Å²) in [5, 5.41) is 14.1. The molecule has 0 bridgehead atoms. The number of benzene rings is 2. The van der Waals surface area contributed by atoms with Gasteiger partial charge in [0.1, 0.15) is 18.8 Å². The molecule has 6 heteroatoms. The third kappa shape index (κ3) is 4.34. The maximum Gasteiger partial charge on any atom is 0.161 e. The van der Waals surface area contributed by atoms with Crippen LogP contribution in [0.1, 0.15) is 19.3 Å². The summed E-state index contributed by atoms with van der Waals surface area (Å²) in [7, 11) is 1.62. The zero-order valence-corrected chi connectivity index (χ0v) is 16.0. The van der Waals surface area contributed by atoms with E-state index in [1.165, 1.54) is 0 Å². The second kappa shape index (κ2) is 8.71. The highest BCUT2D eigenvalue weighted by Gasteiger charge is 2.32. The molecule has 4 rings (SSSR count). The summed E-state index contributed by atoms with van der Waals surface area (Å²) in [5.41, 5.74) is 0. The zero-order chi connectivity index (χ0) is 19.3. The van der Waals surface area contributed by atoms with Crippen molar-refractivity contribution < 1.29 is 24.1 Å². The van der Waals surface area contributed by atoms with Crippen LogP contribution >= 0.6 is 0 Å². The number of methoxy groups -OCH3 is 1. The lowest BCUT2D eigenvalue weighted by Gasteiger charge is -2.35. The molecule has 0 radical (unpaired) electrons. The number of hydrogen-bond acceptors (Lipinski definition) is 6. The van der Waals surface area contributed by atoms with Crippen molar-refractivity contribution in [3.05, 3.63) is 48.5 Å². The maximum absolute atomic E-state index is 10.6. The lowest BCUT2D eigenvalue weighted by atomic mass is 9.90. The highest BCUT2D eigenvalue weighted by atomic mass is 16.6. The highest BCUT2D eigenvalue weighted by Crippen LogP contribution is 2.32. The fourth-order valence-corrected chi connectivity index (χ4v) is 3.78. The average molecular weight is 385 g/mol. The minimum Gasteiger partial charge on any atom is -0.493 e. The van der Waals surface area contributed by atoms with Crippen molar-refractivity contribution in [3.63, 3.8) is 0 Å². The molecule has 28 heavy (non-hydrogen) atoms. The Bertz CT molecular complexity index is 783. The second-order valence-electron chi connectivity index (χ2n) is 7.29. The van der Waals surface area contributed by atoms with E-state index in [0.717, 1.165) is 24.3 Å². The summed E-state index contributed by atoms with van der Waals surface area (Å²) in [6.07, 6.45) is 1.57. The number of nitrogens with one attached hydrogen (secondary N) is 1. The maximum atomic E-state index is 10.6. The predicted octanol–water partition coefficient (Wildman–Crippen LogP) is 2.79. The Morgan fingerprint density at radius 1 is 1.04 bits per heavy atom. The van der Waals surface area contributed by atoms with E-state index in [1.807, 2.05) is 48.5 Å². The molecule has 2 aliphatic rings. The molecule has 0 spiro atoms. The fraction of sp³-hybridized carbons (Fsp3) is 0.455. The number of ether oxygens (including phenoxy) is 4. The number of hydrogen-bond donors (Lipinski definition) is 2. The van der Waals surface area contributed by atoms with Gasteiger partial charge in [-0.3, -0.25) is 0 Å². The zero-order valence-electron chi connectivity index (χ0n) is 16.0. The van der Waals surface area contributed by atoms with Crippen molar-refractivity contribution in [3.8, 4) is 23.0 Å². The summed E-state index contributed by atoms with van der Waals surface area (Å²) in [4.78, 5) is 0. The number of fused-ring (bicyclic) bond motifs is 1. The third-order valence-corrected chi connectivity index (χ3v) is 5.30. The van der Waals surface area contributed by atoms with Crippen molar-refractivity contribution in [1.29, 1.82) is 0 Å². The predicted molar refractivity (Wildman–Crippen MR) is 105 cm³/mol. The SMILES string of the molecule is COc1ccccc1O[C@@H]1CC[C@@H](NC[C@@H]2COc3ccccc3O2)C[C@H]1O. The van der Waals surface area contributed by atoms with E-state index < -0.39 is 6.10 Å². The van der Waals surface area contributed by atoms with Gasteiger partial charge in [0.15, 0.2) is 23.0 Å². The molecule has 1 fully saturated rings. The minimum atomic E-state index is -0.527. The van der Waals surface area contributed by atoms with E-state index in [0.29, 0.717) is 31.1 Å². The molecule has 0 unspecified atom stereocenters. The summed E-state index contributed by atoms with van der Waals surface area (Å²) >= 11 is 0. The van der Waals surface area contributed by atoms with Gasteiger partial charge in [0.05, 0.1) is 13.2 Å². The highest BCUT2D eigenvalue weighted by molar-refractivity contribution is 5.41. The number of rotatable bonds is 6. The van der Waals surface area contributed by atoms with Crippen LogP contribution in [0.2, 0.25) is 0 Å². The largest absolute Gasteiger partial charge is 0.493 e. The molecule has 2 aromatic rings. The molecule has 0 aromatic heterocycles. The molecule has 0 saturated heterocycles. The summed E-state index contributed by atoms with van der Waals surface area (Å²) in [6, 6.07) is 15.5. The van der Waals surface area contributed by atoms with Gasteiger partial charge in [0.2, 0.25) is 0 Å². The van der Waals surface area contributed by atoms with E-state index in [4.69, 9.17) is 18.9 Å². The first-order valence-electron chi connectivity index (χ1n) is 9.82. The molecular weight excluding hydrogens is 358 g/mol. The van der Waals surface area contributed by atoms with Gasteiger partial charge < -0.3 is 29.4 Å². The molecule has 1 aliphatic heterocycles. The van der Waals surface area contributed by atoms with Crippen LogP contribution in [-0.4, -0.2) is 49.7 Å². The van der Waals surface area contributed by atoms with Crippen molar-refractivity contribution in [2.24, 2.45) is 0 Å². The topological polar surface area (TPSA) is 69.2 Å². The van der Waals surface area contributed by atoms with E-state index in [9.17, 15) is 5.11 Å². The van der Waals surface area contributed by atoms with Gasteiger partial charge >= 0.3 is 0 Å². The van der Waals surface area contributed by atoms with Crippen molar-refractivity contribution >= 4 is 0 Å². The van der Waals surface area contributed by atoms with Crippen LogP contribution in [0.5, 0.6) is 23.0 Å². The van der Waals surface area contributed by atoms with Gasteiger partial charge in [-0.25, -0.2) is 0 Å². The van der Waals surface area contributed by atoms with Crippen molar-refractivity contribution in [2.45, 2.75) is 43.6 Å². The van der Waals surface area contributed by atoms with Crippen LogP contribution in [0.3, 0.4) is 0 Å². The quantitative estimate of drug-likeness (QED) is 0.797. The van der Waals surface area contributed by atoms with Crippen LogP contribution in [0, 0.1) is 0 Å². The van der Waals surface area contributed by atoms with Crippen LogP contribution in [0.25, 0.3) is 0 Å². The lowest BCUT2D eigenvalue weighted by molar-refractivity contribution is -0.00644. The average Bonchev–Trinajstić information content (AvgIpc) is 2.74. The van der Waals surface area contributed by atoms with E-state index in [1.54, 1.807) is 7.11 Å². The molecule has 1 aliphatic carbocycles. The first-order valence-corrected chi connectivity index (χ1v) is 9.82. The number of para-hydroxylation sites is 4. The van der Waals surface area contributed by atoms with E-state index >= 15 is 0 Å². The Labute approximate surface area is 165 Å². The van der Waals surface area contributed by atoms with Crippen molar-refractivity contribution in [1.82, 2.24) is 5.32 Å².